The van der Waals surface area contributed by atoms with Crippen molar-refractivity contribution in [3.05, 3.63) is 35.4 Å². The Bertz CT molecular complexity index is 433. The molecule has 1 aliphatic heterocycles. The number of aliphatic hydroxyl groups excluding tert-OH is 3. The first kappa shape index (κ1) is 13.0. The van der Waals surface area contributed by atoms with Gasteiger partial charge in [-0.15, -0.1) is 0 Å². The fraction of sp³-hybridized carbons (Fsp3) is 0.417. The molecule has 0 saturated carbocycles. The number of nitrogens with one attached hydrogen (secondary N) is 1. The molecular formula is C12H15NO5. The second-order valence-electron chi connectivity index (χ2n) is 4.34. The van der Waals surface area contributed by atoms with Gasteiger partial charge in [0.25, 0.3) is 0 Å². The number of benzene rings is 1. The zero-order valence-electron chi connectivity index (χ0n) is 9.52. The van der Waals surface area contributed by atoms with Crippen molar-refractivity contribution in [2.24, 2.45) is 0 Å². The monoisotopic (exact) mass is 253 g/mol. The molecule has 5 N–H and O–H groups in total. The maximum atomic E-state index is 10.7. The Balaban J connectivity index is 2.19. The van der Waals surface area contributed by atoms with E-state index in [0.717, 1.165) is 0 Å². The first-order valence-electron chi connectivity index (χ1n) is 5.61. The van der Waals surface area contributed by atoms with Crippen molar-refractivity contribution < 1.29 is 25.2 Å². The third kappa shape index (κ3) is 2.23. The van der Waals surface area contributed by atoms with Gasteiger partial charge < -0.3 is 25.7 Å². The molecule has 0 amide bonds. The minimum atomic E-state index is -1.04. The quantitative estimate of drug-likeness (QED) is 0.478. The number of aromatic carboxylic acids is 1. The topological polar surface area (TPSA) is 110 Å². The van der Waals surface area contributed by atoms with Crippen molar-refractivity contribution in [3.8, 4) is 0 Å². The van der Waals surface area contributed by atoms with Gasteiger partial charge in [0.1, 0.15) is 6.10 Å². The van der Waals surface area contributed by atoms with E-state index in [2.05, 4.69) is 5.32 Å². The number of carboxylic acids is 1. The van der Waals surface area contributed by atoms with Gasteiger partial charge in [-0.25, -0.2) is 4.79 Å². The van der Waals surface area contributed by atoms with Crippen LogP contribution in [0.25, 0.3) is 0 Å². The van der Waals surface area contributed by atoms with E-state index >= 15 is 0 Å². The van der Waals surface area contributed by atoms with Crippen LogP contribution in [0.3, 0.4) is 0 Å². The van der Waals surface area contributed by atoms with Gasteiger partial charge >= 0.3 is 5.97 Å². The largest absolute Gasteiger partial charge is 0.478 e. The first-order valence-corrected chi connectivity index (χ1v) is 5.61. The Morgan fingerprint density at radius 1 is 1.17 bits per heavy atom. The highest BCUT2D eigenvalue weighted by Crippen LogP contribution is 2.27. The predicted octanol–water partition coefficient (Wildman–Crippen LogP) is -0.888. The van der Waals surface area contributed by atoms with Crippen molar-refractivity contribution in [1.82, 2.24) is 5.32 Å². The Morgan fingerprint density at radius 3 is 2.22 bits per heavy atom. The zero-order chi connectivity index (χ0) is 13.3. The lowest BCUT2D eigenvalue weighted by molar-refractivity contribution is 0.0194. The minimum absolute atomic E-state index is 0.158. The van der Waals surface area contributed by atoms with E-state index < -0.39 is 30.3 Å². The summed E-state index contributed by atoms with van der Waals surface area (Å²) in [4.78, 5) is 10.7. The van der Waals surface area contributed by atoms with E-state index in [0.29, 0.717) is 5.56 Å². The van der Waals surface area contributed by atoms with Gasteiger partial charge in [0.2, 0.25) is 0 Å². The van der Waals surface area contributed by atoms with Gasteiger partial charge in [-0.05, 0) is 17.7 Å². The molecule has 1 aromatic carbocycles. The lowest BCUT2D eigenvalue weighted by Crippen LogP contribution is -2.35. The summed E-state index contributed by atoms with van der Waals surface area (Å²) >= 11 is 0. The van der Waals surface area contributed by atoms with Crippen LogP contribution < -0.4 is 5.32 Å². The summed E-state index contributed by atoms with van der Waals surface area (Å²) in [5.74, 6) is -1.02. The molecule has 98 valence electrons. The standard InChI is InChI=1S/C12H15NO5/c14-5-8-10(15)11(16)9(13-8)6-1-3-7(4-2-6)12(17)18/h1-4,8-11,13-16H,5H2,(H,17,18)/t8-,9+,10-,11+/m1/s1. The maximum absolute atomic E-state index is 10.7. The van der Waals surface area contributed by atoms with Gasteiger partial charge in [-0.1, -0.05) is 12.1 Å². The van der Waals surface area contributed by atoms with Crippen LogP contribution in [0.4, 0.5) is 0 Å². The molecule has 1 aromatic rings. The molecule has 4 atom stereocenters. The van der Waals surface area contributed by atoms with Crippen LogP contribution in [0.1, 0.15) is 22.0 Å². The van der Waals surface area contributed by atoms with Crippen LogP contribution >= 0.6 is 0 Å². The number of carboxylic acid groups (broad SMARTS) is 1. The SMILES string of the molecule is O=C(O)c1ccc([C@@H]2N[C@H](CO)[C@@H](O)[C@H]2O)cc1. The molecule has 1 saturated heterocycles. The second-order valence-corrected chi connectivity index (χ2v) is 4.34. The van der Waals surface area contributed by atoms with Crippen LogP contribution in [0.2, 0.25) is 0 Å². The minimum Gasteiger partial charge on any atom is -0.478 e. The van der Waals surface area contributed by atoms with Crippen molar-refractivity contribution in [2.75, 3.05) is 6.61 Å². The number of hydrogen-bond donors (Lipinski definition) is 5. The summed E-state index contributed by atoms with van der Waals surface area (Å²) < 4.78 is 0. The van der Waals surface area contributed by atoms with Crippen molar-refractivity contribution in [1.29, 1.82) is 0 Å². The molecular weight excluding hydrogens is 238 g/mol. The summed E-state index contributed by atoms with van der Waals surface area (Å²) in [5.41, 5.74) is 0.827. The molecule has 0 spiro atoms. The highest BCUT2D eigenvalue weighted by Gasteiger charge is 2.41. The summed E-state index contributed by atoms with van der Waals surface area (Å²) in [6.07, 6.45) is -2.07. The Kier molecular flexibility index (Phi) is 3.63. The number of carbonyl (C=O) groups is 1. The van der Waals surface area contributed by atoms with E-state index in [9.17, 15) is 15.0 Å². The van der Waals surface area contributed by atoms with Gasteiger partial charge in [0, 0.05) is 0 Å². The molecule has 1 fully saturated rings. The summed E-state index contributed by atoms with van der Waals surface area (Å²) in [5, 5.41) is 40.2. The fourth-order valence-electron chi connectivity index (χ4n) is 2.15. The van der Waals surface area contributed by atoms with Crippen molar-refractivity contribution in [2.45, 2.75) is 24.3 Å². The molecule has 0 unspecified atom stereocenters. The maximum Gasteiger partial charge on any atom is 0.335 e. The van der Waals surface area contributed by atoms with Crippen LogP contribution in [-0.2, 0) is 0 Å². The molecule has 1 heterocycles. The van der Waals surface area contributed by atoms with Crippen LogP contribution in [-0.4, -0.2) is 51.3 Å². The van der Waals surface area contributed by atoms with E-state index in [-0.39, 0.29) is 12.2 Å². The van der Waals surface area contributed by atoms with Crippen molar-refractivity contribution >= 4 is 5.97 Å². The number of aliphatic hydroxyl groups is 3. The van der Waals surface area contributed by atoms with Crippen molar-refractivity contribution in [3.63, 3.8) is 0 Å². The third-order valence-electron chi connectivity index (χ3n) is 3.21. The van der Waals surface area contributed by atoms with Crippen LogP contribution in [0.15, 0.2) is 24.3 Å². The average Bonchev–Trinajstić information content (AvgIpc) is 2.66. The van der Waals surface area contributed by atoms with E-state index in [1.54, 1.807) is 12.1 Å². The number of hydrogen-bond acceptors (Lipinski definition) is 5. The fourth-order valence-corrected chi connectivity index (χ4v) is 2.15. The van der Waals surface area contributed by atoms with E-state index in [1.807, 2.05) is 0 Å². The van der Waals surface area contributed by atoms with Gasteiger partial charge in [0.15, 0.2) is 0 Å². The Labute approximate surface area is 104 Å². The summed E-state index contributed by atoms with van der Waals surface area (Å²) in [6.45, 7) is -0.276. The highest BCUT2D eigenvalue weighted by molar-refractivity contribution is 5.87. The third-order valence-corrected chi connectivity index (χ3v) is 3.21. The molecule has 1 aliphatic rings. The van der Waals surface area contributed by atoms with Gasteiger partial charge in [0.05, 0.1) is 30.4 Å². The van der Waals surface area contributed by atoms with Crippen LogP contribution in [0, 0.1) is 0 Å². The smallest absolute Gasteiger partial charge is 0.335 e. The molecule has 18 heavy (non-hydrogen) atoms. The molecule has 6 nitrogen and oxygen atoms in total. The van der Waals surface area contributed by atoms with Gasteiger partial charge in [-0.2, -0.15) is 0 Å². The molecule has 0 aliphatic carbocycles. The zero-order valence-corrected chi connectivity index (χ0v) is 9.52. The Morgan fingerprint density at radius 2 is 1.78 bits per heavy atom. The predicted molar refractivity (Wildman–Crippen MR) is 62.2 cm³/mol. The molecule has 6 heteroatoms. The summed E-state index contributed by atoms with van der Waals surface area (Å²) in [7, 11) is 0. The Hall–Kier alpha value is -1.47. The second kappa shape index (κ2) is 5.03. The van der Waals surface area contributed by atoms with E-state index in [4.69, 9.17) is 10.2 Å². The van der Waals surface area contributed by atoms with Gasteiger partial charge in [-0.3, -0.25) is 0 Å². The molecule has 0 bridgehead atoms. The normalized spacial score (nSPS) is 31.5. The lowest BCUT2D eigenvalue weighted by Gasteiger charge is -2.16. The van der Waals surface area contributed by atoms with Crippen LogP contribution in [0.5, 0.6) is 0 Å². The average molecular weight is 253 g/mol. The van der Waals surface area contributed by atoms with E-state index in [1.165, 1.54) is 12.1 Å². The first-order chi connectivity index (χ1) is 8.54. The molecule has 0 aromatic heterocycles. The lowest BCUT2D eigenvalue weighted by atomic mass is 10.00. The molecule has 2 rings (SSSR count). The molecule has 0 radical (unpaired) electrons. The number of rotatable bonds is 3. The summed E-state index contributed by atoms with van der Waals surface area (Å²) in [6, 6.07) is 4.94. The highest BCUT2D eigenvalue weighted by atomic mass is 16.4.